The van der Waals surface area contributed by atoms with Gasteiger partial charge in [-0.1, -0.05) is 0 Å². The Labute approximate surface area is 99.6 Å². The summed E-state index contributed by atoms with van der Waals surface area (Å²) in [5.74, 6) is -1.48. The van der Waals surface area contributed by atoms with Crippen LogP contribution >= 0.6 is 0 Å². The Morgan fingerprint density at radius 1 is 1.29 bits per heavy atom. The number of methoxy groups -OCH3 is 1. The van der Waals surface area contributed by atoms with E-state index in [1.54, 1.807) is 20.8 Å². The maximum atomic E-state index is 11.4. The minimum absolute atomic E-state index is 0.328. The summed E-state index contributed by atoms with van der Waals surface area (Å²) in [6.45, 7) is 5.02. The van der Waals surface area contributed by atoms with Gasteiger partial charge >= 0.3 is 12.1 Å². The number of hydrogen-bond donors (Lipinski definition) is 2. The maximum Gasteiger partial charge on any atom is 0.408 e. The van der Waals surface area contributed by atoms with Crippen LogP contribution in [0.15, 0.2) is 0 Å². The van der Waals surface area contributed by atoms with Gasteiger partial charge in [0, 0.05) is 0 Å². The number of hydrogen-bond acceptors (Lipinski definition) is 5. The number of carbonyl (C=O) groups excluding carboxylic acids is 3. The quantitative estimate of drug-likeness (QED) is 0.675. The molecule has 1 atom stereocenters. The summed E-state index contributed by atoms with van der Waals surface area (Å²) in [5, 5.41) is 2.20. The summed E-state index contributed by atoms with van der Waals surface area (Å²) >= 11 is 0. The Bertz CT molecular complexity index is 308. The number of rotatable bonds is 4. The van der Waals surface area contributed by atoms with E-state index in [2.05, 4.69) is 10.1 Å². The lowest BCUT2D eigenvalue weighted by atomic mass is 10.2. The van der Waals surface area contributed by atoms with E-state index in [-0.39, 0.29) is 6.42 Å². The maximum absolute atomic E-state index is 11.4. The molecule has 3 N–H and O–H groups in total. The third-order valence-corrected chi connectivity index (χ3v) is 1.63. The van der Waals surface area contributed by atoms with Crippen molar-refractivity contribution >= 4 is 18.0 Å². The summed E-state index contributed by atoms with van der Waals surface area (Å²) in [4.78, 5) is 33.3. The van der Waals surface area contributed by atoms with Gasteiger partial charge in [0.15, 0.2) is 0 Å². The molecule has 17 heavy (non-hydrogen) atoms. The molecule has 0 heterocycles. The largest absolute Gasteiger partial charge is 0.469 e. The highest BCUT2D eigenvalue weighted by atomic mass is 16.6. The number of primary amides is 1. The number of alkyl carbamates (subject to hydrolysis) is 1. The molecule has 0 aliphatic rings. The van der Waals surface area contributed by atoms with Crippen molar-refractivity contribution in [3.63, 3.8) is 0 Å². The van der Waals surface area contributed by atoms with Crippen molar-refractivity contribution in [2.24, 2.45) is 5.73 Å². The Morgan fingerprint density at radius 2 is 1.82 bits per heavy atom. The fourth-order valence-corrected chi connectivity index (χ4v) is 0.923. The molecule has 0 aromatic rings. The highest BCUT2D eigenvalue weighted by molar-refractivity contribution is 5.88. The lowest BCUT2D eigenvalue weighted by Gasteiger charge is -2.21. The van der Waals surface area contributed by atoms with Gasteiger partial charge in [-0.05, 0) is 20.8 Å². The minimum atomic E-state index is -1.14. The highest BCUT2D eigenvalue weighted by Crippen LogP contribution is 2.07. The molecular weight excluding hydrogens is 228 g/mol. The Balaban J connectivity index is 4.41. The van der Waals surface area contributed by atoms with Crippen molar-refractivity contribution in [2.75, 3.05) is 7.11 Å². The molecule has 0 spiro atoms. The van der Waals surface area contributed by atoms with Gasteiger partial charge < -0.3 is 20.5 Å². The zero-order valence-corrected chi connectivity index (χ0v) is 10.4. The van der Waals surface area contributed by atoms with Crippen LogP contribution in [-0.2, 0) is 19.1 Å². The Kier molecular flexibility index (Phi) is 5.43. The fraction of sp³-hybridized carbons (Fsp3) is 0.700. The summed E-state index contributed by atoms with van der Waals surface area (Å²) in [6.07, 6.45) is -1.14. The Morgan fingerprint density at radius 3 is 2.18 bits per heavy atom. The third-order valence-electron chi connectivity index (χ3n) is 1.63. The molecule has 7 heteroatoms. The number of carbonyl (C=O) groups is 3. The van der Waals surface area contributed by atoms with E-state index in [0.717, 1.165) is 0 Å². The number of esters is 1. The van der Waals surface area contributed by atoms with Crippen LogP contribution in [0.4, 0.5) is 4.79 Å². The van der Waals surface area contributed by atoms with Gasteiger partial charge in [0.1, 0.15) is 11.6 Å². The smallest absolute Gasteiger partial charge is 0.408 e. The molecule has 0 aromatic heterocycles. The lowest BCUT2D eigenvalue weighted by Crippen LogP contribution is -2.47. The molecule has 0 saturated heterocycles. The topological polar surface area (TPSA) is 108 Å². The molecule has 2 amide bonds. The second kappa shape index (κ2) is 6.07. The molecule has 98 valence electrons. The standard InChI is InChI=1S/C10H18N2O5/c1-10(2,3)17-9(15)12-6(8(11)14)5-7(13)16-4/h6H,5H2,1-4H3,(H2,11,14)(H,12,15). The van der Waals surface area contributed by atoms with Crippen molar-refractivity contribution in [3.05, 3.63) is 0 Å². The predicted molar refractivity (Wildman–Crippen MR) is 59.0 cm³/mol. The van der Waals surface area contributed by atoms with Gasteiger partial charge in [0.25, 0.3) is 0 Å². The number of nitrogens with one attached hydrogen (secondary N) is 1. The van der Waals surface area contributed by atoms with E-state index in [9.17, 15) is 14.4 Å². The van der Waals surface area contributed by atoms with E-state index in [4.69, 9.17) is 10.5 Å². The number of ether oxygens (including phenoxy) is 2. The molecule has 0 saturated carbocycles. The van der Waals surface area contributed by atoms with Crippen molar-refractivity contribution < 1.29 is 23.9 Å². The summed E-state index contributed by atoms with van der Waals surface area (Å²) in [6, 6.07) is -1.14. The van der Waals surface area contributed by atoms with Crippen molar-refractivity contribution in [1.82, 2.24) is 5.32 Å². The van der Waals surface area contributed by atoms with Crippen LogP contribution in [0, 0.1) is 0 Å². The van der Waals surface area contributed by atoms with Crippen molar-refractivity contribution in [1.29, 1.82) is 0 Å². The van der Waals surface area contributed by atoms with Crippen LogP contribution in [0.2, 0.25) is 0 Å². The van der Waals surface area contributed by atoms with Crippen LogP contribution in [0.5, 0.6) is 0 Å². The van der Waals surface area contributed by atoms with Gasteiger partial charge in [0.05, 0.1) is 13.5 Å². The van der Waals surface area contributed by atoms with Crippen LogP contribution < -0.4 is 11.1 Å². The first-order valence-corrected chi connectivity index (χ1v) is 5.01. The van der Waals surface area contributed by atoms with E-state index in [1.807, 2.05) is 0 Å². The van der Waals surface area contributed by atoms with E-state index < -0.39 is 29.6 Å². The van der Waals surface area contributed by atoms with Crippen LogP contribution in [0.3, 0.4) is 0 Å². The summed E-state index contributed by atoms with van der Waals surface area (Å²) in [5.41, 5.74) is 4.34. The third kappa shape index (κ3) is 7.15. The Hall–Kier alpha value is -1.79. The molecule has 0 aliphatic heterocycles. The average Bonchev–Trinajstić information content (AvgIpc) is 2.13. The number of amides is 2. The van der Waals surface area contributed by atoms with Crippen LogP contribution in [0.1, 0.15) is 27.2 Å². The van der Waals surface area contributed by atoms with Crippen molar-refractivity contribution in [2.45, 2.75) is 38.8 Å². The first kappa shape index (κ1) is 15.2. The van der Waals surface area contributed by atoms with Gasteiger partial charge in [0.2, 0.25) is 5.91 Å². The lowest BCUT2D eigenvalue weighted by molar-refractivity contribution is -0.142. The van der Waals surface area contributed by atoms with E-state index in [1.165, 1.54) is 7.11 Å². The van der Waals surface area contributed by atoms with E-state index >= 15 is 0 Å². The summed E-state index contributed by atoms with van der Waals surface area (Å²) in [7, 11) is 1.17. The molecule has 0 rings (SSSR count). The molecule has 0 aromatic carbocycles. The summed E-state index contributed by atoms with van der Waals surface area (Å²) < 4.78 is 9.30. The fourth-order valence-electron chi connectivity index (χ4n) is 0.923. The van der Waals surface area contributed by atoms with Gasteiger partial charge in [-0.3, -0.25) is 9.59 Å². The molecule has 0 aliphatic carbocycles. The minimum Gasteiger partial charge on any atom is -0.469 e. The molecule has 7 nitrogen and oxygen atoms in total. The second-order valence-electron chi connectivity index (χ2n) is 4.38. The van der Waals surface area contributed by atoms with Crippen LogP contribution in [0.25, 0.3) is 0 Å². The average molecular weight is 246 g/mol. The van der Waals surface area contributed by atoms with Gasteiger partial charge in [-0.15, -0.1) is 0 Å². The van der Waals surface area contributed by atoms with Gasteiger partial charge in [-0.25, -0.2) is 4.79 Å². The van der Waals surface area contributed by atoms with Gasteiger partial charge in [-0.2, -0.15) is 0 Å². The zero-order valence-electron chi connectivity index (χ0n) is 10.4. The second-order valence-corrected chi connectivity index (χ2v) is 4.38. The molecule has 0 fully saturated rings. The highest BCUT2D eigenvalue weighted by Gasteiger charge is 2.25. The molecule has 1 unspecified atom stereocenters. The normalized spacial score (nSPS) is 12.5. The van der Waals surface area contributed by atoms with E-state index in [0.29, 0.717) is 0 Å². The first-order chi connectivity index (χ1) is 7.65. The molecule has 0 radical (unpaired) electrons. The predicted octanol–water partition coefficient (Wildman–Crippen LogP) is -0.0719. The SMILES string of the molecule is COC(=O)CC(NC(=O)OC(C)(C)C)C(N)=O. The van der Waals surface area contributed by atoms with Crippen molar-refractivity contribution in [3.8, 4) is 0 Å². The zero-order chi connectivity index (χ0) is 13.6. The monoisotopic (exact) mass is 246 g/mol. The number of nitrogens with two attached hydrogens (primary N) is 1. The van der Waals surface area contributed by atoms with Crippen LogP contribution in [-0.4, -0.2) is 36.7 Å². The molecule has 0 bridgehead atoms. The first-order valence-electron chi connectivity index (χ1n) is 5.01. The molecular formula is C10H18N2O5.